The molecular formula is C30H30N4O3. The molecule has 2 atom stereocenters. The quantitative estimate of drug-likeness (QED) is 0.285. The number of pyridine rings is 2. The summed E-state index contributed by atoms with van der Waals surface area (Å²) in [4.78, 5) is 33.1. The highest BCUT2D eigenvalue weighted by atomic mass is 16.4. The summed E-state index contributed by atoms with van der Waals surface area (Å²) in [6, 6.07) is 15.6. The molecule has 3 heterocycles. The Morgan fingerprint density at radius 1 is 1.11 bits per heavy atom. The van der Waals surface area contributed by atoms with Gasteiger partial charge in [-0.1, -0.05) is 36.8 Å². The van der Waals surface area contributed by atoms with Crippen molar-refractivity contribution in [3.05, 3.63) is 83.9 Å². The van der Waals surface area contributed by atoms with Gasteiger partial charge in [-0.3, -0.25) is 19.6 Å². The highest BCUT2D eigenvalue weighted by Crippen LogP contribution is 2.43. The lowest BCUT2D eigenvalue weighted by atomic mass is 9.78. The van der Waals surface area contributed by atoms with Crippen molar-refractivity contribution in [3.63, 3.8) is 0 Å². The van der Waals surface area contributed by atoms with Crippen molar-refractivity contribution in [1.29, 1.82) is 5.41 Å². The second-order valence-corrected chi connectivity index (χ2v) is 9.97. The number of carboxylic acids is 1. The molecular weight excluding hydrogens is 464 g/mol. The van der Waals surface area contributed by atoms with Gasteiger partial charge in [0.15, 0.2) is 0 Å². The molecule has 1 aliphatic rings. The van der Waals surface area contributed by atoms with E-state index >= 15 is 0 Å². The Hall–Kier alpha value is -4.13. The first-order valence-electron chi connectivity index (χ1n) is 12.6. The number of rotatable bonds is 9. The van der Waals surface area contributed by atoms with Crippen LogP contribution in [0.15, 0.2) is 67.1 Å². The largest absolute Gasteiger partial charge is 0.481 e. The van der Waals surface area contributed by atoms with E-state index in [9.17, 15) is 9.59 Å². The SMILES string of the molecule is CC(=N)C(C(C)=O)c1cnc2c(-c3ccc(CC(=O)O)cc3)cn(C(c3ccccn3)C3CCC3)c2c1. The van der Waals surface area contributed by atoms with Gasteiger partial charge in [-0.2, -0.15) is 0 Å². The average molecular weight is 495 g/mol. The van der Waals surface area contributed by atoms with E-state index < -0.39 is 11.9 Å². The molecule has 1 aromatic carbocycles. The molecule has 2 N–H and O–H groups in total. The number of aliphatic carboxylic acids is 1. The third-order valence-corrected chi connectivity index (χ3v) is 7.37. The first-order valence-corrected chi connectivity index (χ1v) is 12.6. The fraction of sp³-hybridized carbons (Fsp3) is 0.300. The van der Waals surface area contributed by atoms with Crippen LogP contribution in [0.5, 0.6) is 0 Å². The third kappa shape index (κ3) is 4.81. The molecule has 1 saturated carbocycles. The minimum atomic E-state index is -0.862. The topological polar surface area (TPSA) is 109 Å². The molecule has 0 amide bonds. The van der Waals surface area contributed by atoms with E-state index in [1.54, 1.807) is 13.1 Å². The molecule has 5 rings (SSSR count). The van der Waals surface area contributed by atoms with E-state index in [1.807, 2.05) is 48.7 Å². The average Bonchev–Trinajstić information content (AvgIpc) is 3.20. The van der Waals surface area contributed by atoms with E-state index in [4.69, 9.17) is 20.5 Å². The number of ketones is 1. The fourth-order valence-electron chi connectivity index (χ4n) is 5.43. The minimum absolute atomic E-state index is 0.0198. The van der Waals surface area contributed by atoms with E-state index in [0.29, 0.717) is 17.2 Å². The summed E-state index contributed by atoms with van der Waals surface area (Å²) in [5.41, 5.74) is 6.32. The van der Waals surface area contributed by atoms with E-state index in [1.165, 1.54) is 13.3 Å². The molecule has 0 saturated heterocycles. The number of nitrogens with zero attached hydrogens (tertiary/aromatic N) is 3. The highest BCUT2D eigenvalue weighted by molar-refractivity contribution is 6.07. The standard InChI is InChI=1S/C30H30N4O3/c1-18(31)28(19(2)35)23-15-26-29(33-16-23)24(21-11-9-20(10-12-21)14-27(36)37)17-34(26)30(22-6-5-7-22)25-8-3-4-13-32-25/h3-4,8-13,15-17,22,28,30-31H,5-7,14H2,1-2H3,(H,36,37). The molecule has 4 aromatic rings. The number of carbonyl (C=O) groups excluding carboxylic acids is 1. The number of hydrogen-bond acceptors (Lipinski definition) is 5. The summed E-state index contributed by atoms with van der Waals surface area (Å²) < 4.78 is 2.25. The van der Waals surface area contributed by atoms with Crippen LogP contribution in [0, 0.1) is 11.3 Å². The van der Waals surface area contributed by atoms with Gasteiger partial charge in [-0.25, -0.2) is 0 Å². The van der Waals surface area contributed by atoms with Crippen molar-refractivity contribution < 1.29 is 14.7 Å². The van der Waals surface area contributed by atoms with Crippen LogP contribution in [0.3, 0.4) is 0 Å². The summed E-state index contributed by atoms with van der Waals surface area (Å²) in [7, 11) is 0. The number of aromatic nitrogens is 3. The Morgan fingerprint density at radius 2 is 1.86 bits per heavy atom. The van der Waals surface area contributed by atoms with E-state index in [-0.39, 0.29) is 18.2 Å². The summed E-state index contributed by atoms with van der Waals surface area (Å²) >= 11 is 0. The number of carboxylic acid groups (broad SMARTS) is 1. The molecule has 0 aliphatic heterocycles. The molecule has 37 heavy (non-hydrogen) atoms. The van der Waals surface area contributed by atoms with Crippen molar-refractivity contribution >= 4 is 28.5 Å². The molecule has 3 aromatic heterocycles. The van der Waals surface area contributed by atoms with Gasteiger partial charge >= 0.3 is 5.97 Å². The molecule has 0 spiro atoms. The maximum Gasteiger partial charge on any atom is 0.307 e. The van der Waals surface area contributed by atoms with Crippen LogP contribution in [0.25, 0.3) is 22.2 Å². The van der Waals surface area contributed by atoms with Gasteiger partial charge in [-0.05, 0) is 67.5 Å². The van der Waals surface area contributed by atoms with Crippen LogP contribution in [0.4, 0.5) is 0 Å². The predicted molar refractivity (Wildman–Crippen MR) is 143 cm³/mol. The van der Waals surface area contributed by atoms with Crippen LogP contribution in [0.2, 0.25) is 0 Å². The van der Waals surface area contributed by atoms with Crippen LogP contribution < -0.4 is 0 Å². The van der Waals surface area contributed by atoms with Gasteiger partial charge in [0, 0.05) is 29.9 Å². The molecule has 7 heteroatoms. The molecule has 1 fully saturated rings. The Morgan fingerprint density at radius 3 is 2.43 bits per heavy atom. The number of Topliss-reactive ketones (excluding diaryl/α,β-unsaturated/α-hetero) is 1. The summed E-state index contributed by atoms with van der Waals surface area (Å²) in [5, 5.41) is 17.3. The van der Waals surface area contributed by atoms with E-state index in [0.717, 1.165) is 46.3 Å². The maximum absolute atomic E-state index is 12.4. The van der Waals surface area contributed by atoms with Crippen molar-refractivity contribution in [1.82, 2.24) is 14.5 Å². The lowest BCUT2D eigenvalue weighted by Gasteiger charge is -2.35. The second kappa shape index (κ2) is 10.1. The number of hydrogen-bond donors (Lipinski definition) is 2. The number of fused-ring (bicyclic) bond motifs is 1. The van der Waals surface area contributed by atoms with Crippen LogP contribution in [-0.4, -0.2) is 37.1 Å². The van der Waals surface area contributed by atoms with Crippen molar-refractivity contribution in [2.75, 3.05) is 0 Å². The minimum Gasteiger partial charge on any atom is -0.481 e. The van der Waals surface area contributed by atoms with Gasteiger partial charge in [0.05, 0.1) is 35.1 Å². The van der Waals surface area contributed by atoms with Gasteiger partial charge in [0.1, 0.15) is 5.78 Å². The monoisotopic (exact) mass is 494 g/mol. The van der Waals surface area contributed by atoms with Gasteiger partial charge in [0.2, 0.25) is 0 Å². The lowest BCUT2D eigenvalue weighted by molar-refractivity contribution is -0.136. The first kappa shape index (κ1) is 24.6. The van der Waals surface area contributed by atoms with Gasteiger partial charge < -0.3 is 15.1 Å². The Kier molecular flexibility index (Phi) is 6.70. The molecule has 7 nitrogen and oxygen atoms in total. The van der Waals surface area contributed by atoms with Crippen molar-refractivity contribution in [3.8, 4) is 11.1 Å². The number of nitrogens with one attached hydrogen (secondary N) is 1. The highest BCUT2D eigenvalue weighted by Gasteiger charge is 2.33. The Bertz CT molecular complexity index is 1460. The number of benzene rings is 1. The second-order valence-electron chi connectivity index (χ2n) is 9.97. The molecule has 2 unspecified atom stereocenters. The van der Waals surface area contributed by atoms with Gasteiger partial charge in [-0.15, -0.1) is 0 Å². The maximum atomic E-state index is 12.4. The summed E-state index contributed by atoms with van der Waals surface area (Å²) in [5.74, 6) is -1.14. The molecule has 0 bridgehead atoms. The zero-order valence-electron chi connectivity index (χ0n) is 21.0. The smallest absolute Gasteiger partial charge is 0.307 e. The number of carbonyl (C=O) groups is 2. The Balaban J connectivity index is 1.71. The van der Waals surface area contributed by atoms with Crippen LogP contribution in [-0.2, 0) is 16.0 Å². The predicted octanol–water partition coefficient (Wildman–Crippen LogP) is 5.83. The van der Waals surface area contributed by atoms with Crippen LogP contribution in [0.1, 0.15) is 61.9 Å². The molecule has 188 valence electrons. The van der Waals surface area contributed by atoms with Crippen molar-refractivity contribution in [2.24, 2.45) is 5.92 Å². The lowest BCUT2D eigenvalue weighted by Crippen LogP contribution is -2.26. The fourth-order valence-corrected chi connectivity index (χ4v) is 5.43. The third-order valence-electron chi connectivity index (χ3n) is 7.37. The first-order chi connectivity index (χ1) is 17.8. The van der Waals surface area contributed by atoms with Gasteiger partial charge in [0.25, 0.3) is 0 Å². The Labute approximate surface area is 215 Å². The molecule has 0 radical (unpaired) electrons. The van der Waals surface area contributed by atoms with E-state index in [2.05, 4.69) is 16.8 Å². The normalized spacial score (nSPS) is 15.2. The molecule has 1 aliphatic carbocycles. The summed E-state index contributed by atoms with van der Waals surface area (Å²) in [6.45, 7) is 3.17. The van der Waals surface area contributed by atoms with Crippen LogP contribution >= 0.6 is 0 Å². The van der Waals surface area contributed by atoms with Crippen molar-refractivity contribution in [2.45, 2.75) is 51.5 Å². The zero-order chi connectivity index (χ0) is 26.1. The zero-order valence-corrected chi connectivity index (χ0v) is 21.0. The summed E-state index contributed by atoms with van der Waals surface area (Å²) in [6.07, 6.45) is 9.04.